The summed E-state index contributed by atoms with van der Waals surface area (Å²) in [6, 6.07) is 14.3. The van der Waals surface area contributed by atoms with E-state index >= 15 is 0 Å². The fourth-order valence-corrected chi connectivity index (χ4v) is 3.41. The minimum atomic E-state index is -1.45. The van der Waals surface area contributed by atoms with Gasteiger partial charge in [-0.05, 0) is 36.1 Å². The van der Waals surface area contributed by atoms with E-state index in [1.165, 1.54) is 5.56 Å². The molecule has 0 unspecified atom stereocenters. The third kappa shape index (κ3) is 4.37. The smallest absolute Gasteiger partial charge is 0.328 e. The van der Waals surface area contributed by atoms with Crippen molar-refractivity contribution < 1.29 is 24.6 Å². The van der Waals surface area contributed by atoms with E-state index in [1.807, 2.05) is 30.3 Å². The zero-order chi connectivity index (χ0) is 20.1. The number of rotatable bonds is 6. The lowest BCUT2D eigenvalue weighted by molar-refractivity contribution is -0.152. The van der Waals surface area contributed by atoms with Gasteiger partial charge in [0.05, 0.1) is 0 Å². The molecule has 2 aromatic rings. The number of piperazine rings is 1. The van der Waals surface area contributed by atoms with E-state index in [4.69, 9.17) is 0 Å². The van der Waals surface area contributed by atoms with Gasteiger partial charge in [0.1, 0.15) is 6.04 Å². The lowest BCUT2D eigenvalue weighted by Gasteiger charge is -2.37. The summed E-state index contributed by atoms with van der Waals surface area (Å²) in [6.45, 7) is 0.358. The van der Waals surface area contributed by atoms with E-state index in [2.05, 4.69) is 17.4 Å². The van der Waals surface area contributed by atoms with Gasteiger partial charge in [-0.15, -0.1) is 0 Å². The van der Waals surface area contributed by atoms with Crippen molar-refractivity contribution >= 4 is 17.8 Å². The maximum atomic E-state index is 12.8. The molecule has 0 spiro atoms. The number of benzene rings is 2. The average molecular weight is 382 g/mol. The van der Waals surface area contributed by atoms with Gasteiger partial charge >= 0.3 is 11.9 Å². The fraction of sp³-hybridized carbons (Fsp3) is 0.286. The molecular weight excluding hydrogens is 360 g/mol. The van der Waals surface area contributed by atoms with Gasteiger partial charge in [0, 0.05) is 18.7 Å². The van der Waals surface area contributed by atoms with E-state index in [9.17, 15) is 24.6 Å². The van der Waals surface area contributed by atoms with Gasteiger partial charge in [0.15, 0.2) is 6.04 Å². The molecule has 1 aliphatic rings. The van der Waals surface area contributed by atoms with Crippen LogP contribution < -0.4 is 5.32 Å². The number of hydrogen-bond donors (Lipinski definition) is 3. The molecule has 7 heteroatoms. The van der Waals surface area contributed by atoms with Crippen LogP contribution in [0.4, 0.5) is 0 Å². The molecule has 0 saturated carbocycles. The molecule has 3 rings (SSSR count). The number of nitrogens with zero attached hydrogens (tertiary/aromatic N) is 1. The normalized spacial score (nSPS) is 19.2. The number of aryl methyl sites for hydroxylation is 2. The second-order valence-electron chi connectivity index (χ2n) is 6.73. The Balaban J connectivity index is 1.71. The molecule has 146 valence electrons. The molecule has 0 aliphatic carbocycles. The molecule has 1 heterocycles. The van der Waals surface area contributed by atoms with Crippen LogP contribution in [0.3, 0.4) is 0 Å². The molecule has 1 amide bonds. The second kappa shape index (κ2) is 8.67. The molecule has 7 nitrogen and oxygen atoms in total. The Morgan fingerprint density at radius 2 is 1.50 bits per heavy atom. The number of carbonyl (C=O) groups is 3. The second-order valence-corrected chi connectivity index (χ2v) is 6.73. The largest absolute Gasteiger partial charge is 0.480 e. The van der Waals surface area contributed by atoms with Crippen LogP contribution >= 0.6 is 0 Å². The molecule has 0 aromatic heterocycles. The molecule has 0 bridgehead atoms. The molecule has 28 heavy (non-hydrogen) atoms. The fourth-order valence-electron chi connectivity index (χ4n) is 3.41. The Kier molecular flexibility index (Phi) is 6.06. The van der Waals surface area contributed by atoms with Gasteiger partial charge in [0.2, 0.25) is 0 Å². The van der Waals surface area contributed by atoms with E-state index in [0.29, 0.717) is 5.56 Å². The number of hydrogen-bond acceptors (Lipinski definition) is 4. The summed E-state index contributed by atoms with van der Waals surface area (Å²) < 4.78 is 0. The standard InChI is InChI=1S/C21H22N2O5/c24-19(23-13-12-22-17(20(25)26)18(23)21(27)28)16-10-8-15(9-11-16)7-6-14-4-2-1-3-5-14/h1-5,8-11,17-18,22H,6-7,12-13H2,(H,25,26)(H,27,28)/t17-,18+/m0/s1. The van der Waals surface area contributed by atoms with Crippen molar-refractivity contribution in [1.82, 2.24) is 10.2 Å². The number of aliphatic carboxylic acids is 2. The molecule has 1 saturated heterocycles. The van der Waals surface area contributed by atoms with Crippen LogP contribution in [0, 0.1) is 0 Å². The molecule has 1 fully saturated rings. The summed E-state index contributed by atoms with van der Waals surface area (Å²) in [4.78, 5) is 36.9. The SMILES string of the molecule is O=C(O)[C@H]1NCCN(C(=O)c2ccc(CCc3ccccc3)cc2)[C@H]1C(=O)O. The molecule has 0 radical (unpaired) electrons. The van der Waals surface area contributed by atoms with E-state index in [1.54, 1.807) is 12.1 Å². The Hall–Kier alpha value is -3.19. The van der Waals surface area contributed by atoms with Crippen molar-refractivity contribution in [1.29, 1.82) is 0 Å². The molecule has 1 aliphatic heterocycles. The number of nitrogens with one attached hydrogen (secondary N) is 1. The van der Waals surface area contributed by atoms with Crippen molar-refractivity contribution in [3.8, 4) is 0 Å². The number of carbonyl (C=O) groups excluding carboxylic acids is 1. The summed E-state index contributed by atoms with van der Waals surface area (Å²) in [5, 5.41) is 21.4. The summed E-state index contributed by atoms with van der Waals surface area (Å²) in [6.07, 6.45) is 1.71. The van der Waals surface area contributed by atoms with Crippen LogP contribution in [0.2, 0.25) is 0 Å². The van der Waals surface area contributed by atoms with E-state index < -0.39 is 29.9 Å². The third-order valence-electron chi connectivity index (χ3n) is 4.89. The lowest BCUT2D eigenvalue weighted by atomic mass is 10.0. The van der Waals surface area contributed by atoms with Gasteiger partial charge in [0.25, 0.3) is 5.91 Å². The molecule has 2 aromatic carbocycles. The minimum absolute atomic E-state index is 0.134. The lowest BCUT2D eigenvalue weighted by Crippen LogP contribution is -2.65. The van der Waals surface area contributed by atoms with E-state index in [0.717, 1.165) is 23.3 Å². The Morgan fingerprint density at radius 1 is 0.893 bits per heavy atom. The molecular formula is C21H22N2O5. The third-order valence-corrected chi connectivity index (χ3v) is 4.89. The van der Waals surface area contributed by atoms with Gasteiger partial charge in [-0.3, -0.25) is 9.59 Å². The zero-order valence-corrected chi connectivity index (χ0v) is 15.2. The van der Waals surface area contributed by atoms with Crippen LogP contribution in [-0.4, -0.2) is 58.1 Å². The average Bonchev–Trinajstić information content (AvgIpc) is 2.72. The van der Waals surface area contributed by atoms with Crippen molar-refractivity contribution in [2.24, 2.45) is 0 Å². The summed E-state index contributed by atoms with van der Waals surface area (Å²) in [5.41, 5.74) is 2.65. The highest BCUT2D eigenvalue weighted by Crippen LogP contribution is 2.17. The van der Waals surface area contributed by atoms with Crippen molar-refractivity contribution in [2.75, 3.05) is 13.1 Å². The van der Waals surface area contributed by atoms with Crippen LogP contribution in [0.15, 0.2) is 54.6 Å². The highest BCUT2D eigenvalue weighted by molar-refractivity contribution is 5.98. The summed E-state index contributed by atoms with van der Waals surface area (Å²) in [5.74, 6) is -3.11. The first kappa shape index (κ1) is 19.6. The maximum absolute atomic E-state index is 12.8. The summed E-state index contributed by atoms with van der Waals surface area (Å²) in [7, 11) is 0. The van der Waals surface area contributed by atoms with Gasteiger partial charge in [-0.1, -0.05) is 42.5 Å². The number of carboxylic acid groups (broad SMARTS) is 2. The molecule has 3 N–H and O–H groups in total. The zero-order valence-electron chi connectivity index (χ0n) is 15.2. The van der Waals surface area contributed by atoms with Crippen molar-refractivity contribution in [3.05, 3.63) is 71.3 Å². The van der Waals surface area contributed by atoms with Crippen LogP contribution in [0.25, 0.3) is 0 Å². The Labute approximate surface area is 162 Å². The topological polar surface area (TPSA) is 107 Å². The monoisotopic (exact) mass is 382 g/mol. The predicted octanol–water partition coefficient (Wildman–Crippen LogP) is 1.42. The van der Waals surface area contributed by atoms with Crippen LogP contribution in [-0.2, 0) is 22.4 Å². The highest BCUT2D eigenvalue weighted by Gasteiger charge is 2.43. The highest BCUT2D eigenvalue weighted by atomic mass is 16.4. The van der Waals surface area contributed by atoms with Crippen molar-refractivity contribution in [2.45, 2.75) is 24.9 Å². The quantitative estimate of drug-likeness (QED) is 0.698. The van der Waals surface area contributed by atoms with Gasteiger partial charge < -0.3 is 20.4 Å². The Morgan fingerprint density at radius 3 is 2.07 bits per heavy atom. The summed E-state index contributed by atoms with van der Waals surface area (Å²) >= 11 is 0. The maximum Gasteiger partial charge on any atom is 0.328 e. The van der Waals surface area contributed by atoms with Gasteiger partial charge in [-0.2, -0.15) is 0 Å². The molecule has 2 atom stereocenters. The van der Waals surface area contributed by atoms with Crippen LogP contribution in [0.5, 0.6) is 0 Å². The predicted molar refractivity (Wildman–Crippen MR) is 102 cm³/mol. The minimum Gasteiger partial charge on any atom is -0.480 e. The first-order valence-corrected chi connectivity index (χ1v) is 9.10. The number of amides is 1. The van der Waals surface area contributed by atoms with Gasteiger partial charge in [-0.25, -0.2) is 4.79 Å². The number of carboxylic acids is 2. The van der Waals surface area contributed by atoms with Crippen molar-refractivity contribution in [3.63, 3.8) is 0 Å². The van der Waals surface area contributed by atoms with E-state index in [-0.39, 0.29) is 13.1 Å². The van der Waals surface area contributed by atoms with Crippen LogP contribution in [0.1, 0.15) is 21.5 Å². The Bertz CT molecular complexity index is 851. The first-order valence-electron chi connectivity index (χ1n) is 9.10. The first-order chi connectivity index (χ1) is 13.5.